The first-order chi connectivity index (χ1) is 23.6. The number of carbonyl (C=O) groups is 3. The van der Waals surface area contributed by atoms with Crippen LogP contribution >= 0.6 is 0 Å². The molecule has 3 aromatic rings. The summed E-state index contributed by atoms with van der Waals surface area (Å²) in [5.41, 5.74) is 5.20. The maximum atomic E-state index is 12.9. The molecule has 13 heteroatoms. The van der Waals surface area contributed by atoms with Gasteiger partial charge in [0.1, 0.15) is 6.04 Å². The Bertz CT molecular complexity index is 1650. The molecule has 260 valence electrons. The number of likely N-dealkylation sites (N-methyl/N-ethyl adjacent to an activating group) is 1. The highest BCUT2D eigenvalue weighted by molar-refractivity contribution is 6.04. The highest BCUT2D eigenvalue weighted by Gasteiger charge is 2.46. The number of amides is 2. The van der Waals surface area contributed by atoms with Crippen molar-refractivity contribution in [2.24, 2.45) is 0 Å². The third kappa shape index (κ3) is 10.1. The fourth-order valence-electron chi connectivity index (χ4n) is 5.90. The summed E-state index contributed by atoms with van der Waals surface area (Å²) in [5, 5.41) is 18.2. The normalized spacial score (nSPS) is 17.0. The molecule has 2 aliphatic rings. The summed E-state index contributed by atoms with van der Waals surface area (Å²) in [6, 6.07) is 14.6. The van der Waals surface area contributed by atoms with Gasteiger partial charge in [-0.15, -0.1) is 0 Å². The average Bonchev–Trinajstić information content (AvgIpc) is 3.45. The average molecular weight is 675 g/mol. The quantitative estimate of drug-likeness (QED) is 0.196. The minimum atomic E-state index is -2.93. The number of benzene rings is 2. The molecule has 11 nitrogen and oxygen atoms in total. The van der Waals surface area contributed by atoms with Crippen LogP contribution in [-0.2, 0) is 16.1 Å². The number of likely N-dealkylation sites (tertiary alicyclic amines) is 1. The van der Waals surface area contributed by atoms with Gasteiger partial charge in [0, 0.05) is 81.1 Å². The maximum absolute atomic E-state index is 12.9. The number of hydrogen-bond donors (Lipinski definition) is 3. The van der Waals surface area contributed by atoms with E-state index in [0.29, 0.717) is 12.1 Å². The molecule has 1 unspecified atom stereocenters. The highest BCUT2D eigenvalue weighted by Crippen LogP contribution is 2.32. The van der Waals surface area contributed by atoms with Gasteiger partial charge in [-0.25, -0.2) is 8.78 Å². The van der Waals surface area contributed by atoms with Crippen molar-refractivity contribution in [1.82, 2.24) is 30.7 Å². The summed E-state index contributed by atoms with van der Waals surface area (Å²) < 4.78 is 25.7. The molecule has 0 radical (unpaired) electrons. The number of aldehydes is 1. The molecule has 49 heavy (non-hydrogen) atoms. The molecule has 0 saturated carbocycles. The molecule has 0 aliphatic carbocycles. The molecule has 3 heterocycles. The van der Waals surface area contributed by atoms with Crippen molar-refractivity contribution < 1.29 is 23.2 Å². The van der Waals surface area contributed by atoms with E-state index in [1.165, 1.54) is 6.08 Å². The molecule has 2 aliphatic heterocycles. The number of pyridine rings is 1. The Labute approximate surface area is 285 Å². The minimum absolute atomic E-state index is 0.0196. The lowest BCUT2D eigenvalue weighted by Gasteiger charge is -2.28. The number of nitriles is 1. The highest BCUT2D eigenvalue weighted by atomic mass is 19.3. The summed E-state index contributed by atoms with van der Waals surface area (Å²) in [4.78, 5) is 45.2. The van der Waals surface area contributed by atoms with E-state index >= 15 is 0 Å². The van der Waals surface area contributed by atoms with E-state index in [4.69, 9.17) is 5.26 Å². The zero-order chi connectivity index (χ0) is 35.4. The number of aromatic nitrogens is 1. The Morgan fingerprint density at radius 1 is 1.20 bits per heavy atom. The van der Waals surface area contributed by atoms with Crippen molar-refractivity contribution in [2.75, 3.05) is 71.4 Å². The van der Waals surface area contributed by atoms with Crippen molar-refractivity contribution in [2.45, 2.75) is 31.4 Å². The largest absolute Gasteiger partial charge is 0.375 e. The molecular formula is C36H44F2N8O3. The number of alkyl halides is 2. The monoisotopic (exact) mass is 674 g/mol. The molecule has 2 amide bonds. The van der Waals surface area contributed by atoms with E-state index < -0.39 is 30.8 Å². The zero-order valence-electron chi connectivity index (χ0n) is 28.1. The Balaban J connectivity index is 0.000000324. The van der Waals surface area contributed by atoms with Crippen molar-refractivity contribution in [3.8, 4) is 17.2 Å². The second-order valence-corrected chi connectivity index (χ2v) is 12.1. The second kappa shape index (κ2) is 17.6. The fourth-order valence-corrected chi connectivity index (χ4v) is 5.90. The zero-order valence-corrected chi connectivity index (χ0v) is 28.1. The van der Waals surface area contributed by atoms with Gasteiger partial charge in [0.15, 0.2) is 6.29 Å². The summed E-state index contributed by atoms with van der Waals surface area (Å²) in [6.07, 6.45) is 4.47. The molecule has 2 saturated heterocycles. The van der Waals surface area contributed by atoms with E-state index in [1.54, 1.807) is 19.3 Å². The summed E-state index contributed by atoms with van der Waals surface area (Å²) in [6.45, 7) is 9.62. The van der Waals surface area contributed by atoms with Gasteiger partial charge in [-0.2, -0.15) is 5.26 Å². The molecule has 3 N–H and O–H groups in total. The Kier molecular flexibility index (Phi) is 13.3. The number of rotatable bonds is 12. The molecule has 5 rings (SSSR count). The van der Waals surface area contributed by atoms with Crippen molar-refractivity contribution in [3.63, 3.8) is 0 Å². The summed E-state index contributed by atoms with van der Waals surface area (Å²) >= 11 is 0. The number of hydrogen-bond acceptors (Lipinski definition) is 9. The van der Waals surface area contributed by atoms with Crippen LogP contribution in [0.3, 0.4) is 0 Å². The topological polar surface area (TPSA) is 134 Å². The van der Waals surface area contributed by atoms with Crippen LogP contribution in [0.15, 0.2) is 61.3 Å². The Morgan fingerprint density at radius 3 is 2.59 bits per heavy atom. The van der Waals surface area contributed by atoms with Gasteiger partial charge in [0.25, 0.3) is 5.92 Å². The van der Waals surface area contributed by atoms with Crippen LogP contribution in [0.25, 0.3) is 22.0 Å². The number of carbonyl (C=O) groups excluding carboxylic acids is 3. The van der Waals surface area contributed by atoms with Crippen molar-refractivity contribution in [3.05, 3.63) is 72.4 Å². The second-order valence-electron chi connectivity index (χ2n) is 12.1. The van der Waals surface area contributed by atoms with E-state index in [1.807, 2.05) is 30.3 Å². The predicted molar refractivity (Wildman–Crippen MR) is 186 cm³/mol. The smallest absolute Gasteiger partial charge is 0.268 e. The van der Waals surface area contributed by atoms with Crippen LogP contribution in [0.1, 0.15) is 28.8 Å². The van der Waals surface area contributed by atoms with Gasteiger partial charge < -0.3 is 30.7 Å². The van der Waals surface area contributed by atoms with Gasteiger partial charge in [0.05, 0.1) is 24.7 Å². The number of piperazine rings is 1. The summed E-state index contributed by atoms with van der Waals surface area (Å²) in [7, 11) is 3.65. The first-order valence-electron chi connectivity index (χ1n) is 16.3. The molecule has 1 aromatic heterocycles. The molecule has 2 aromatic carbocycles. The van der Waals surface area contributed by atoms with Gasteiger partial charge >= 0.3 is 0 Å². The van der Waals surface area contributed by atoms with E-state index in [9.17, 15) is 23.2 Å². The molecular weight excluding hydrogens is 630 g/mol. The Morgan fingerprint density at radius 2 is 1.94 bits per heavy atom. The molecule has 2 fully saturated rings. The van der Waals surface area contributed by atoms with Crippen molar-refractivity contribution >= 4 is 34.7 Å². The number of halogens is 2. The van der Waals surface area contributed by atoms with Crippen LogP contribution in [0.4, 0.5) is 14.5 Å². The number of fused-ring (bicyclic) bond motifs is 1. The maximum Gasteiger partial charge on any atom is 0.268 e. The van der Waals surface area contributed by atoms with Gasteiger partial charge in [0.2, 0.25) is 11.8 Å². The van der Waals surface area contributed by atoms with E-state index in [-0.39, 0.29) is 12.5 Å². The van der Waals surface area contributed by atoms with Gasteiger partial charge in [-0.1, -0.05) is 30.8 Å². The SMILES string of the molecule is C=CC(=O)NCc1ccc(-c2cnc3ccc(N(C)CCCN4CCNCC4)cc3c2C=O)cc1.CNCC(=O)N1CC(F)(F)CC1C#N. The number of nitrogens with one attached hydrogen (secondary N) is 3. The predicted octanol–water partition coefficient (Wildman–Crippen LogP) is 3.21. The lowest BCUT2D eigenvalue weighted by atomic mass is 9.97. The lowest BCUT2D eigenvalue weighted by Crippen LogP contribution is -2.44. The number of nitrogens with zero attached hydrogens (tertiary/aromatic N) is 5. The van der Waals surface area contributed by atoms with Gasteiger partial charge in [-0.3, -0.25) is 19.4 Å². The molecule has 0 bridgehead atoms. The standard InChI is InChI=1S/C28H33N5O2.C8H11F2N3O/c1-3-28(35)31-18-21-5-7-22(8-6-21)25-19-30-27-10-9-23(17-24(27)26(25)20-34)32(2)13-4-14-33-15-11-29-12-16-33;1-12-4-7(14)13-5-8(9,10)2-6(13)3-11/h3,5-10,17,19-20,29H,1,4,11-16,18H2,2H3,(H,31,35);6,12H,2,4-5H2,1H3. The summed E-state index contributed by atoms with van der Waals surface area (Å²) in [5.74, 6) is -3.60. The van der Waals surface area contributed by atoms with Crippen LogP contribution in [0.5, 0.6) is 0 Å². The molecule has 0 spiro atoms. The minimum Gasteiger partial charge on any atom is -0.375 e. The van der Waals surface area contributed by atoms with Crippen LogP contribution in [0.2, 0.25) is 0 Å². The Hall–Kier alpha value is -4.77. The van der Waals surface area contributed by atoms with Crippen LogP contribution in [0, 0.1) is 11.3 Å². The number of anilines is 1. The van der Waals surface area contributed by atoms with Crippen molar-refractivity contribution in [1.29, 1.82) is 5.26 Å². The third-order valence-corrected chi connectivity index (χ3v) is 8.61. The van der Waals surface area contributed by atoms with Crippen LogP contribution in [-0.4, -0.2) is 111 Å². The third-order valence-electron chi connectivity index (χ3n) is 8.61. The van der Waals surface area contributed by atoms with E-state index in [0.717, 1.165) is 90.2 Å². The first-order valence-corrected chi connectivity index (χ1v) is 16.3. The van der Waals surface area contributed by atoms with E-state index in [2.05, 4.69) is 56.5 Å². The fraction of sp³-hybridized carbons (Fsp3) is 0.417. The first kappa shape index (κ1) is 37.1. The van der Waals surface area contributed by atoms with Gasteiger partial charge in [-0.05, 0) is 55.4 Å². The van der Waals surface area contributed by atoms with Crippen LogP contribution < -0.4 is 20.9 Å². The molecule has 1 atom stereocenters. The lowest BCUT2D eigenvalue weighted by molar-refractivity contribution is -0.131.